The van der Waals surface area contributed by atoms with Crippen molar-refractivity contribution in [1.82, 2.24) is 19.7 Å². The highest BCUT2D eigenvalue weighted by Crippen LogP contribution is 2.22. The van der Waals surface area contributed by atoms with E-state index in [-0.39, 0.29) is 5.91 Å². The Bertz CT molecular complexity index is 814. The van der Waals surface area contributed by atoms with Gasteiger partial charge in [-0.05, 0) is 18.1 Å². The van der Waals surface area contributed by atoms with Crippen LogP contribution in [0.25, 0.3) is 0 Å². The summed E-state index contributed by atoms with van der Waals surface area (Å²) in [6.07, 6.45) is 1.62. The number of esters is 1. The van der Waals surface area contributed by atoms with Gasteiger partial charge in [0, 0.05) is 26.4 Å². The highest BCUT2D eigenvalue weighted by atomic mass is 16.5. The van der Waals surface area contributed by atoms with E-state index in [0.29, 0.717) is 18.5 Å². The number of carbonyl (C=O) groups excluding carboxylic acids is 2. The van der Waals surface area contributed by atoms with Crippen molar-refractivity contribution in [2.24, 2.45) is 0 Å². The second-order valence-corrected chi connectivity index (χ2v) is 6.24. The molecule has 0 N–H and O–H groups in total. The normalized spacial score (nSPS) is 18.7. The third-order valence-corrected chi connectivity index (χ3v) is 4.61. The van der Waals surface area contributed by atoms with Crippen LogP contribution >= 0.6 is 0 Å². The lowest BCUT2D eigenvalue weighted by Gasteiger charge is -2.27. The summed E-state index contributed by atoms with van der Waals surface area (Å²) in [6, 6.07) is 7.24. The first kappa shape index (κ1) is 14.9. The number of hydrogen-bond donors (Lipinski definition) is 0. The van der Waals surface area contributed by atoms with Gasteiger partial charge in [0.2, 0.25) is 0 Å². The molecule has 3 heterocycles. The van der Waals surface area contributed by atoms with Crippen molar-refractivity contribution >= 4 is 11.9 Å². The van der Waals surface area contributed by atoms with Gasteiger partial charge in [0.1, 0.15) is 5.82 Å². The molecule has 2 aliphatic heterocycles. The average molecular weight is 326 g/mol. The molecular formula is C17H18N4O3. The first-order chi connectivity index (χ1) is 11.6. The lowest BCUT2D eigenvalue weighted by Crippen LogP contribution is -2.42. The predicted octanol–water partition coefficient (Wildman–Crippen LogP) is 0.964. The number of likely N-dealkylation sites (N-methyl/N-ethyl adjacent to an activating group) is 1. The van der Waals surface area contributed by atoms with Gasteiger partial charge in [0.15, 0.2) is 11.9 Å². The van der Waals surface area contributed by atoms with Crippen molar-refractivity contribution < 1.29 is 14.3 Å². The van der Waals surface area contributed by atoms with E-state index in [4.69, 9.17) is 4.74 Å². The molecule has 0 fully saturated rings. The highest BCUT2D eigenvalue weighted by Gasteiger charge is 2.33. The Morgan fingerprint density at radius 2 is 2.21 bits per heavy atom. The van der Waals surface area contributed by atoms with E-state index in [9.17, 15) is 9.59 Å². The molecule has 0 radical (unpaired) electrons. The lowest BCUT2D eigenvalue weighted by atomic mass is 9.98. The van der Waals surface area contributed by atoms with Gasteiger partial charge in [0.05, 0.1) is 12.1 Å². The van der Waals surface area contributed by atoms with Gasteiger partial charge in [-0.2, -0.15) is 0 Å². The molecule has 0 saturated heterocycles. The molecule has 1 atom stereocenters. The zero-order valence-electron chi connectivity index (χ0n) is 13.4. The number of benzene rings is 1. The fourth-order valence-corrected chi connectivity index (χ4v) is 3.33. The van der Waals surface area contributed by atoms with Crippen LogP contribution in [-0.4, -0.2) is 44.7 Å². The summed E-state index contributed by atoms with van der Waals surface area (Å²) < 4.78 is 7.40. The second kappa shape index (κ2) is 5.74. The van der Waals surface area contributed by atoms with E-state index in [1.165, 1.54) is 0 Å². The number of nitrogens with zero attached hydrogens (tertiary/aromatic N) is 4. The van der Waals surface area contributed by atoms with Crippen LogP contribution in [-0.2, 0) is 35.5 Å². The maximum absolute atomic E-state index is 12.7. The molecule has 1 amide bonds. The van der Waals surface area contributed by atoms with E-state index in [2.05, 4.69) is 14.8 Å². The summed E-state index contributed by atoms with van der Waals surface area (Å²) in [7, 11) is 1.70. The number of fused-ring (bicyclic) bond motifs is 2. The fraction of sp³-hybridized carbons (Fsp3) is 0.412. The molecule has 0 aliphatic carbocycles. The van der Waals surface area contributed by atoms with E-state index in [1.807, 2.05) is 12.1 Å². The molecule has 1 aromatic heterocycles. The summed E-state index contributed by atoms with van der Waals surface area (Å²) >= 11 is 0. The number of aryl methyl sites for hydroxylation is 1. The van der Waals surface area contributed by atoms with Gasteiger partial charge in [-0.25, -0.2) is 4.79 Å². The molecule has 0 saturated carbocycles. The Morgan fingerprint density at radius 1 is 1.38 bits per heavy atom. The Kier molecular flexibility index (Phi) is 3.55. The fourth-order valence-electron chi connectivity index (χ4n) is 3.33. The van der Waals surface area contributed by atoms with Crippen LogP contribution in [0.4, 0.5) is 0 Å². The first-order valence-electron chi connectivity index (χ1n) is 8.08. The van der Waals surface area contributed by atoms with Crippen LogP contribution in [0.2, 0.25) is 0 Å². The Morgan fingerprint density at radius 3 is 3.08 bits per heavy atom. The van der Waals surface area contributed by atoms with Crippen molar-refractivity contribution in [2.45, 2.75) is 38.5 Å². The van der Waals surface area contributed by atoms with Gasteiger partial charge < -0.3 is 14.2 Å². The monoisotopic (exact) mass is 326 g/mol. The topological polar surface area (TPSA) is 77.3 Å². The molecule has 4 rings (SSSR count). The lowest BCUT2D eigenvalue weighted by molar-refractivity contribution is -0.140. The third kappa shape index (κ3) is 2.46. The molecule has 7 nitrogen and oxygen atoms in total. The van der Waals surface area contributed by atoms with E-state index >= 15 is 0 Å². The van der Waals surface area contributed by atoms with Crippen LogP contribution in [0, 0.1) is 0 Å². The van der Waals surface area contributed by atoms with E-state index in [1.54, 1.807) is 24.1 Å². The number of hydrogen-bond acceptors (Lipinski definition) is 5. The zero-order chi connectivity index (χ0) is 16.7. The minimum atomic E-state index is -0.779. The molecule has 7 heteroatoms. The Hall–Kier alpha value is -2.70. The van der Waals surface area contributed by atoms with Crippen molar-refractivity contribution in [3.8, 4) is 0 Å². The summed E-state index contributed by atoms with van der Waals surface area (Å²) in [6.45, 7) is 1.26. The standard InChI is InChI=1S/C17H18N4O3/c1-20(10-15-19-18-14-7-4-8-21(14)15)16(22)13-9-11-5-2-3-6-12(11)17(23)24-13/h2-3,5-6,13H,4,7-10H2,1H3/t13-/m0/s1. The molecule has 124 valence electrons. The molecule has 1 aromatic carbocycles. The Balaban J connectivity index is 1.48. The Labute approximate surface area is 139 Å². The van der Waals surface area contributed by atoms with Gasteiger partial charge in [-0.15, -0.1) is 10.2 Å². The maximum Gasteiger partial charge on any atom is 0.339 e. The third-order valence-electron chi connectivity index (χ3n) is 4.61. The van der Waals surface area contributed by atoms with Crippen LogP contribution in [0.5, 0.6) is 0 Å². The number of ether oxygens (including phenoxy) is 1. The quantitative estimate of drug-likeness (QED) is 0.785. The highest BCUT2D eigenvalue weighted by molar-refractivity contribution is 5.95. The van der Waals surface area contributed by atoms with Crippen molar-refractivity contribution in [1.29, 1.82) is 0 Å². The number of amides is 1. The number of carbonyl (C=O) groups is 2. The molecule has 0 bridgehead atoms. The van der Waals surface area contributed by atoms with E-state index in [0.717, 1.165) is 36.6 Å². The molecule has 2 aromatic rings. The van der Waals surface area contributed by atoms with Gasteiger partial charge in [-0.3, -0.25) is 4.79 Å². The van der Waals surface area contributed by atoms with Crippen LogP contribution in [0.3, 0.4) is 0 Å². The summed E-state index contributed by atoms with van der Waals surface area (Å²) in [5.41, 5.74) is 1.39. The van der Waals surface area contributed by atoms with Gasteiger partial charge in [-0.1, -0.05) is 18.2 Å². The van der Waals surface area contributed by atoms with Crippen LogP contribution in [0.15, 0.2) is 24.3 Å². The van der Waals surface area contributed by atoms with Crippen LogP contribution in [0.1, 0.15) is 34.0 Å². The smallest absolute Gasteiger partial charge is 0.339 e. The predicted molar refractivity (Wildman–Crippen MR) is 84.2 cm³/mol. The summed E-state index contributed by atoms with van der Waals surface area (Å²) in [5.74, 6) is 1.10. The minimum absolute atomic E-state index is 0.215. The second-order valence-electron chi connectivity index (χ2n) is 6.24. The van der Waals surface area contributed by atoms with Crippen LogP contribution < -0.4 is 0 Å². The van der Waals surface area contributed by atoms with Crippen molar-refractivity contribution in [3.63, 3.8) is 0 Å². The first-order valence-corrected chi connectivity index (χ1v) is 8.08. The van der Waals surface area contributed by atoms with Gasteiger partial charge in [0.25, 0.3) is 5.91 Å². The number of rotatable bonds is 3. The SMILES string of the molecule is CN(Cc1nnc2n1CCC2)C(=O)[C@@H]1Cc2ccccc2C(=O)O1. The largest absolute Gasteiger partial charge is 0.448 e. The molecule has 0 unspecified atom stereocenters. The average Bonchev–Trinajstić information content (AvgIpc) is 3.19. The van der Waals surface area contributed by atoms with Crippen molar-refractivity contribution in [2.75, 3.05) is 7.05 Å². The number of cyclic esters (lactones) is 1. The molecule has 0 spiro atoms. The summed E-state index contributed by atoms with van der Waals surface area (Å²) in [5, 5.41) is 8.32. The molecule has 2 aliphatic rings. The number of aromatic nitrogens is 3. The van der Waals surface area contributed by atoms with Crippen molar-refractivity contribution in [3.05, 3.63) is 47.0 Å². The summed E-state index contributed by atoms with van der Waals surface area (Å²) in [4.78, 5) is 26.3. The van der Waals surface area contributed by atoms with E-state index < -0.39 is 12.1 Å². The van der Waals surface area contributed by atoms with Gasteiger partial charge >= 0.3 is 5.97 Å². The molecule has 24 heavy (non-hydrogen) atoms. The molecular weight excluding hydrogens is 308 g/mol. The minimum Gasteiger partial charge on any atom is -0.448 e. The zero-order valence-corrected chi connectivity index (χ0v) is 13.4. The maximum atomic E-state index is 12.7.